The minimum Gasteiger partial charge on any atom is -0.469 e. The molecule has 33 heavy (non-hydrogen) atoms. The highest BCUT2D eigenvalue weighted by Crippen LogP contribution is 2.53. The number of furan rings is 1. The molecule has 3 atom stereocenters. The number of aryl methyl sites for hydroxylation is 1. The van der Waals surface area contributed by atoms with Crippen molar-refractivity contribution in [2.24, 2.45) is 5.92 Å². The lowest BCUT2D eigenvalue weighted by molar-refractivity contribution is -0.144. The number of nitrogens with zero attached hydrogens (tertiary/aromatic N) is 2. The lowest BCUT2D eigenvalue weighted by Crippen LogP contribution is -2.32. The van der Waals surface area contributed by atoms with Crippen molar-refractivity contribution in [3.8, 4) is 0 Å². The molecule has 4 heterocycles. The molecule has 170 valence electrons. The SMILES string of the molecule is CCOC(=O)Cn1c2c(sc1=O)[C@H](c1ccco1)C1C(=O)N(c3ccc(C)cc3)C(=O)C1S2. The van der Waals surface area contributed by atoms with Crippen LogP contribution in [0, 0.1) is 12.8 Å². The number of anilines is 1. The number of fused-ring (bicyclic) bond motifs is 2. The Morgan fingerprint density at radius 1 is 1.12 bits per heavy atom. The van der Waals surface area contributed by atoms with E-state index in [1.807, 2.05) is 19.1 Å². The van der Waals surface area contributed by atoms with E-state index in [-0.39, 0.29) is 29.8 Å². The van der Waals surface area contributed by atoms with Crippen molar-refractivity contribution >= 4 is 46.6 Å². The van der Waals surface area contributed by atoms with Crippen molar-refractivity contribution in [2.75, 3.05) is 11.5 Å². The van der Waals surface area contributed by atoms with Crippen LogP contribution in [0.25, 0.3) is 0 Å². The summed E-state index contributed by atoms with van der Waals surface area (Å²) in [5.41, 5.74) is 1.53. The molecule has 10 heteroatoms. The first kappa shape index (κ1) is 21.7. The molecule has 8 nitrogen and oxygen atoms in total. The Bertz CT molecular complexity index is 1290. The normalized spacial score (nSPS) is 21.8. The third kappa shape index (κ3) is 3.53. The lowest BCUT2D eigenvalue weighted by atomic mass is 9.87. The number of esters is 1. The first-order valence-electron chi connectivity index (χ1n) is 10.4. The van der Waals surface area contributed by atoms with Gasteiger partial charge in [-0.15, -0.1) is 0 Å². The molecule has 1 saturated heterocycles. The molecule has 1 aromatic carbocycles. The molecule has 2 unspecified atom stereocenters. The summed E-state index contributed by atoms with van der Waals surface area (Å²) >= 11 is 2.13. The van der Waals surface area contributed by atoms with Crippen LogP contribution in [0.4, 0.5) is 5.69 Å². The Morgan fingerprint density at radius 2 is 1.88 bits per heavy atom. The molecule has 5 rings (SSSR count). The standard InChI is InChI=1S/C23H20N2O6S2/c1-3-30-15(26)11-24-22-19(33-23(24)29)16(14-5-4-10-31-14)17-18(32-22)21(28)25(20(17)27)13-8-6-12(2)7-9-13/h4-10,16-18H,3,11H2,1-2H3/t16-,17?,18?/m1/s1. The maximum atomic E-state index is 13.6. The second kappa shape index (κ2) is 8.35. The molecule has 2 aliphatic heterocycles. The van der Waals surface area contributed by atoms with Crippen LogP contribution in [0.2, 0.25) is 0 Å². The smallest absolute Gasteiger partial charge is 0.326 e. The van der Waals surface area contributed by atoms with Crippen LogP contribution >= 0.6 is 23.1 Å². The lowest BCUT2D eigenvalue weighted by Gasteiger charge is -2.28. The van der Waals surface area contributed by atoms with Gasteiger partial charge in [0.15, 0.2) is 0 Å². The van der Waals surface area contributed by atoms with E-state index in [1.165, 1.54) is 15.7 Å². The van der Waals surface area contributed by atoms with Gasteiger partial charge in [-0.2, -0.15) is 0 Å². The molecule has 0 N–H and O–H groups in total. The minimum absolute atomic E-state index is 0.200. The number of hydrogen-bond acceptors (Lipinski definition) is 8. The topological polar surface area (TPSA) is 98.8 Å². The first-order chi connectivity index (χ1) is 15.9. The van der Waals surface area contributed by atoms with Crippen molar-refractivity contribution < 1.29 is 23.5 Å². The van der Waals surface area contributed by atoms with E-state index in [1.54, 1.807) is 31.2 Å². The molecule has 2 aromatic heterocycles. The number of hydrogen-bond donors (Lipinski definition) is 0. The Hall–Kier alpha value is -3.11. The highest BCUT2D eigenvalue weighted by molar-refractivity contribution is 8.00. The average molecular weight is 485 g/mol. The number of thiazole rings is 1. The number of thioether (sulfide) groups is 1. The Kier molecular flexibility index (Phi) is 5.49. The van der Waals surface area contributed by atoms with Crippen molar-refractivity contribution in [3.05, 3.63) is 68.5 Å². The van der Waals surface area contributed by atoms with Crippen molar-refractivity contribution in [1.82, 2.24) is 4.57 Å². The van der Waals surface area contributed by atoms with Crippen LogP contribution in [-0.2, 0) is 25.7 Å². The second-order valence-electron chi connectivity index (χ2n) is 7.83. The summed E-state index contributed by atoms with van der Waals surface area (Å²) < 4.78 is 12.0. The van der Waals surface area contributed by atoms with E-state index in [9.17, 15) is 19.2 Å². The zero-order chi connectivity index (χ0) is 23.3. The summed E-state index contributed by atoms with van der Waals surface area (Å²) in [5.74, 6) is -2.03. The maximum Gasteiger partial charge on any atom is 0.326 e. The molecular weight excluding hydrogens is 464 g/mol. The summed E-state index contributed by atoms with van der Waals surface area (Å²) in [6.07, 6.45) is 1.50. The number of aromatic nitrogens is 1. The van der Waals surface area contributed by atoms with Crippen LogP contribution in [-0.4, -0.2) is 34.2 Å². The number of rotatable bonds is 5. The van der Waals surface area contributed by atoms with E-state index >= 15 is 0 Å². The fraction of sp³-hybridized carbons (Fsp3) is 0.304. The molecule has 0 aliphatic carbocycles. The fourth-order valence-electron chi connectivity index (χ4n) is 4.31. The van der Waals surface area contributed by atoms with Gasteiger partial charge in [0, 0.05) is 0 Å². The number of imide groups is 1. The van der Waals surface area contributed by atoms with Crippen LogP contribution in [0.5, 0.6) is 0 Å². The Labute approximate surface area is 197 Å². The number of carbonyl (C=O) groups excluding carboxylic acids is 3. The second-order valence-corrected chi connectivity index (χ2v) is 9.96. The molecule has 3 aromatic rings. The molecule has 0 radical (unpaired) electrons. The van der Waals surface area contributed by atoms with Gasteiger partial charge in [-0.25, -0.2) is 4.90 Å². The van der Waals surface area contributed by atoms with Gasteiger partial charge in [0.1, 0.15) is 17.6 Å². The van der Waals surface area contributed by atoms with Gasteiger partial charge in [-0.3, -0.25) is 23.7 Å². The number of amides is 2. The maximum absolute atomic E-state index is 13.6. The van der Waals surface area contributed by atoms with Gasteiger partial charge in [-0.05, 0) is 38.1 Å². The Morgan fingerprint density at radius 3 is 2.55 bits per heavy atom. The van der Waals surface area contributed by atoms with Gasteiger partial charge in [-0.1, -0.05) is 40.8 Å². The average Bonchev–Trinajstić information content (AvgIpc) is 3.48. The molecule has 2 aliphatic rings. The van der Waals surface area contributed by atoms with E-state index in [2.05, 4.69) is 0 Å². The molecule has 0 spiro atoms. The predicted octanol–water partition coefficient (Wildman–Crippen LogP) is 3.17. The van der Waals surface area contributed by atoms with Crippen LogP contribution in [0.15, 0.2) is 56.9 Å². The van der Waals surface area contributed by atoms with Crippen molar-refractivity contribution in [2.45, 2.75) is 36.6 Å². The van der Waals surface area contributed by atoms with Crippen LogP contribution in [0.1, 0.15) is 29.0 Å². The zero-order valence-electron chi connectivity index (χ0n) is 17.8. The molecule has 0 saturated carbocycles. The van der Waals surface area contributed by atoms with Crippen molar-refractivity contribution in [3.63, 3.8) is 0 Å². The Balaban J connectivity index is 1.61. The molecular formula is C23H20N2O6S2. The molecule has 0 bridgehead atoms. The minimum atomic E-state index is -0.746. The van der Waals surface area contributed by atoms with E-state index in [0.29, 0.717) is 21.4 Å². The number of carbonyl (C=O) groups is 3. The van der Waals surface area contributed by atoms with E-state index in [4.69, 9.17) is 9.15 Å². The summed E-state index contributed by atoms with van der Waals surface area (Å²) in [7, 11) is 0. The van der Waals surface area contributed by atoms with E-state index in [0.717, 1.165) is 28.7 Å². The fourth-order valence-corrected chi connectivity index (χ4v) is 7.07. The summed E-state index contributed by atoms with van der Waals surface area (Å²) in [4.78, 5) is 53.5. The highest BCUT2D eigenvalue weighted by Gasteiger charge is 2.57. The third-order valence-corrected chi connectivity index (χ3v) is 8.39. The first-order valence-corrected chi connectivity index (χ1v) is 12.1. The van der Waals surface area contributed by atoms with Crippen LogP contribution in [0.3, 0.4) is 0 Å². The monoisotopic (exact) mass is 484 g/mol. The third-order valence-electron chi connectivity index (χ3n) is 5.78. The largest absolute Gasteiger partial charge is 0.469 e. The van der Waals surface area contributed by atoms with Gasteiger partial charge in [0.05, 0.1) is 40.3 Å². The highest BCUT2D eigenvalue weighted by atomic mass is 32.2. The van der Waals surface area contributed by atoms with Gasteiger partial charge in [0.25, 0.3) is 0 Å². The molecule has 1 fully saturated rings. The van der Waals surface area contributed by atoms with Crippen LogP contribution < -0.4 is 9.77 Å². The van der Waals surface area contributed by atoms with Gasteiger partial charge >= 0.3 is 10.8 Å². The number of ether oxygens (including phenoxy) is 1. The summed E-state index contributed by atoms with van der Waals surface area (Å²) in [6.45, 7) is 3.57. The predicted molar refractivity (Wildman–Crippen MR) is 123 cm³/mol. The van der Waals surface area contributed by atoms with Gasteiger partial charge < -0.3 is 9.15 Å². The summed E-state index contributed by atoms with van der Waals surface area (Å²) in [6, 6.07) is 10.7. The van der Waals surface area contributed by atoms with Crippen molar-refractivity contribution in [1.29, 1.82) is 0 Å². The summed E-state index contributed by atoms with van der Waals surface area (Å²) in [5, 5.41) is -0.239. The molecule has 2 amide bonds. The zero-order valence-corrected chi connectivity index (χ0v) is 19.5. The van der Waals surface area contributed by atoms with E-state index < -0.39 is 23.1 Å². The number of benzene rings is 1. The quantitative estimate of drug-likeness (QED) is 0.405. The van der Waals surface area contributed by atoms with Gasteiger partial charge in [0.2, 0.25) is 11.8 Å².